The van der Waals surface area contributed by atoms with E-state index < -0.39 is 17.7 Å². The molecular weight excluding hydrogens is 601 g/mol. The highest BCUT2D eigenvalue weighted by Gasteiger charge is 2.12. The summed E-state index contributed by atoms with van der Waals surface area (Å²) in [4.78, 5) is 35.9. The van der Waals surface area contributed by atoms with Gasteiger partial charge in [-0.2, -0.15) is 0 Å². The lowest BCUT2D eigenvalue weighted by Gasteiger charge is -2.11. The molecule has 0 bridgehead atoms. The second-order valence-electron chi connectivity index (χ2n) is 6.80. The minimum atomic E-state index is -0.552. The summed E-state index contributed by atoms with van der Waals surface area (Å²) < 4.78 is 7.22. The molecule has 0 spiro atoms. The van der Waals surface area contributed by atoms with Crippen LogP contribution in [0.4, 0.5) is 5.69 Å². The number of anilines is 1. The molecule has 0 saturated carbocycles. The molecular formula is C22H17Br2Cl2N3O4. The number of carbonyl (C=O) groups is 3. The van der Waals surface area contributed by atoms with Crippen LogP contribution >= 0.6 is 55.1 Å². The van der Waals surface area contributed by atoms with Gasteiger partial charge in [0.25, 0.3) is 5.91 Å². The molecule has 0 aliphatic rings. The first-order chi connectivity index (χ1) is 15.7. The Morgan fingerprint density at radius 2 is 1.58 bits per heavy atom. The third-order valence-electron chi connectivity index (χ3n) is 4.37. The Morgan fingerprint density at radius 1 is 0.848 bits per heavy atom. The molecule has 172 valence electrons. The monoisotopic (exact) mass is 615 g/mol. The lowest BCUT2D eigenvalue weighted by atomic mass is 10.1. The van der Waals surface area contributed by atoms with Gasteiger partial charge in [0, 0.05) is 22.3 Å². The van der Waals surface area contributed by atoms with Crippen molar-refractivity contribution in [3.05, 3.63) is 67.5 Å². The first-order valence-electron chi connectivity index (χ1n) is 9.56. The number of benzene rings is 3. The van der Waals surface area contributed by atoms with Crippen LogP contribution in [0.1, 0.15) is 12.8 Å². The predicted octanol–water partition coefficient (Wildman–Crippen LogP) is 5.62. The number of fused-ring (bicyclic) bond motifs is 1. The molecule has 3 rings (SSSR count). The summed E-state index contributed by atoms with van der Waals surface area (Å²) in [5.41, 5.74) is 4.89. The van der Waals surface area contributed by atoms with Crippen molar-refractivity contribution in [1.82, 2.24) is 10.9 Å². The van der Waals surface area contributed by atoms with Crippen LogP contribution in [-0.4, -0.2) is 24.3 Å². The molecule has 3 amide bonds. The SMILES string of the molecule is O=C(CCC(=O)Nc1ccc(Cl)cc1Cl)NNC(=O)COc1ccc2cc(Br)ccc2c1Br. The number of nitrogens with one attached hydrogen (secondary N) is 3. The molecule has 0 aromatic heterocycles. The molecule has 3 aromatic rings. The molecule has 0 radical (unpaired) electrons. The van der Waals surface area contributed by atoms with Gasteiger partial charge in [0.15, 0.2) is 6.61 Å². The van der Waals surface area contributed by atoms with E-state index in [1.165, 1.54) is 6.07 Å². The molecule has 0 aliphatic carbocycles. The van der Waals surface area contributed by atoms with E-state index in [1.54, 1.807) is 18.2 Å². The fourth-order valence-corrected chi connectivity index (χ4v) is 4.21. The first-order valence-corrected chi connectivity index (χ1v) is 11.9. The molecule has 0 fully saturated rings. The molecule has 0 atom stereocenters. The summed E-state index contributed by atoms with van der Waals surface area (Å²) >= 11 is 18.7. The average molecular weight is 618 g/mol. The zero-order chi connectivity index (χ0) is 24.0. The van der Waals surface area contributed by atoms with Gasteiger partial charge in [-0.15, -0.1) is 0 Å². The second kappa shape index (κ2) is 11.7. The van der Waals surface area contributed by atoms with E-state index >= 15 is 0 Å². The minimum Gasteiger partial charge on any atom is -0.483 e. The van der Waals surface area contributed by atoms with Crippen molar-refractivity contribution in [2.24, 2.45) is 0 Å². The quantitative estimate of drug-likeness (QED) is 0.300. The third-order valence-corrected chi connectivity index (χ3v) is 6.22. The Hall–Kier alpha value is -2.33. The Labute approximate surface area is 216 Å². The molecule has 0 heterocycles. The second-order valence-corrected chi connectivity index (χ2v) is 9.35. The number of halogens is 4. The van der Waals surface area contributed by atoms with Gasteiger partial charge in [0.2, 0.25) is 11.8 Å². The summed E-state index contributed by atoms with van der Waals surface area (Å²) in [6.07, 6.45) is -0.235. The van der Waals surface area contributed by atoms with E-state index in [1.807, 2.05) is 24.3 Å². The smallest absolute Gasteiger partial charge is 0.276 e. The van der Waals surface area contributed by atoms with Crippen molar-refractivity contribution in [3.8, 4) is 5.75 Å². The predicted molar refractivity (Wildman–Crippen MR) is 135 cm³/mol. The maximum absolute atomic E-state index is 12.0. The Morgan fingerprint density at radius 3 is 2.33 bits per heavy atom. The van der Waals surface area contributed by atoms with Gasteiger partial charge >= 0.3 is 0 Å². The van der Waals surface area contributed by atoms with E-state index in [2.05, 4.69) is 48.0 Å². The van der Waals surface area contributed by atoms with Gasteiger partial charge in [0.05, 0.1) is 15.2 Å². The summed E-state index contributed by atoms with van der Waals surface area (Å²) in [7, 11) is 0. The molecule has 0 saturated heterocycles. The Bertz CT molecular complexity index is 1220. The van der Waals surface area contributed by atoms with Crippen molar-refractivity contribution >= 4 is 89.2 Å². The first kappa shape index (κ1) is 25.3. The highest BCUT2D eigenvalue weighted by atomic mass is 79.9. The lowest BCUT2D eigenvalue weighted by molar-refractivity contribution is -0.130. The van der Waals surface area contributed by atoms with Crippen LogP contribution in [0, 0.1) is 0 Å². The fraction of sp³-hybridized carbons (Fsp3) is 0.136. The van der Waals surface area contributed by atoms with Gasteiger partial charge in [-0.05, 0) is 63.1 Å². The molecule has 3 aromatic carbocycles. The summed E-state index contributed by atoms with van der Waals surface area (Å²) in [5, 5.41) is 5.26. The number of carbonyl (C=O) groups excluding carboxylic acids is 3. The normalized spacial score (nSPS) is 10.5. The van der Waals surface area contributed by atoms with Crippen molar-refractivity contribution in [3.63, 3.8) is 0 Å². The standard InChI is InChI=1S/C22H17Br2Cl2N3O4/c23-13-2-4-15-12(9-13)1-6-18(22(15)24)33-11-21(32)29-28-20(31)8-7-19(30)27-17-5-3-14(25)10-16(17)26/h1-6,9-10H,7-8,11H2,(H,27,30)(H,28,31)(H,29,32). The molecule has 33 heavy (non-hydrogen) atoms. The van der Waals surface area contributed by atoms with Crippen molar-refractivity contribution < 1.29 is 19.1 Å². The maximum atomic E-state index is 12.0. The van der Waals surface area contributed by atoms with Crippen molar-refractivity contribution in [2.75, 3.05) is 11.9 Å². The van der Waals surface area contributed by atoms with E-state index in [0.717, 1.165) is 19.7 Å². The van der Waals surface area contributed by atoms with Crippen LogP contribution in [-0.2, 0) is 14.4 Å². The highest BCUT2D eigenvalue weighted by Crippen LogP contribution is 2.34. The summed E-state index contributed by atoms with van der Waals surface area (Å²) in [5.74, 6) is -0.997. The number of hydrazine groups is 1. The largest absolute Gasteiger partial charge is 0.483 e. The Kier molecular flexibility index (Phi) is 8.96. The molecule has 11 heteroatoms. The molecule has 3 N–H and O–H groups in total. The average Bonchev–Trinajstić information content (AvgIpc) is 2.77. The van der Waals surface area contributed by atoms with Gasteiger partial charge in [-0.3, -0.25) is 25.2 Å². The molecule has 0 aliphatic heterocycles. The topological polar surface area (TPSA) is 96.5 Å². The van der Waals surface area contributed by atoms with E-state index in [0.29, 0.717) is 21.5 Å². The van der Waals surface area contributed by atoms with Gasteiger partial charge in [-0.1, -0.05) is 51.3 Å². The number of hydrogen-bond donors (Lipinski definition) is 3. The van der Waals surface area contributed by atoms with Crippen LogP contribution in [0.2, 0.25) is 10.0 Å². The lowest BCUT2D eigenvalue weighted by Crippen LogP contribution is -2.44. The Balaban J connectivity index is 1.41. The van der Waals surface area contributed by atoms with E-state index in [4.69, 9.17) is 27.9 Å². The van der Waals surface area contributed by atoms with Crippen molar-refractivity contribution in [2.45, 2.75) is 12.8 Å². The van der Waals surface area contributed by atoms with Crippen LogP contribution < -0.4 is 20.9 Å². The van der Waals surface area contributed by atoms with E-state index in [9.17, 15) is 14.4 Å². The molecule has 7 nitrogen and oxygen atoms in total. The molecule has 0 unspecified atom stereocenters. The van der Waals surface area contributed by atoms with Gasteiger partial charge in [0.1, 0.15) is 5.75 Å². The van der Waals surface area contributed by atoms with Crippen molar-refractivity contribution in [1.29, 1.82) is 0 Å². The number of rotatable bonds is 7. The maximum Gasteiger partial charge on any atom is 0.276 e. The van der Waals surface area contributed by atoms with Crippen LogP contribution in [0.15, 0.2) is 57.5 Å². The van der Waals surface area contributed by atoms with Crippen LogP contribution in [0.3, 0.4) is 0 Å². The fourth-order valence-electron chi connectivity index (χ4n) is 2.77. The minimum absolute atomic E-state index is 0.0999. The van der Waals surface area contributed by atoms with E-state index in [-0.39, 0.29) is 19.4 Å². The van der Waals surface area contributed by atoms with Crippen LogP contribution in [0.25, 0.3) is 10.8 Å². The zero-order valence-electron chi connectivity index (χ0n) is 16.9. The number of amides is 3. The summed E-state index contributed by atoms with van der Waals surface area (Å²) in [6, 6.07) is 14.1. The number of ether oxygens (including phenoxy) is 1. The summed E-state index contributed by atoms with van der Waals surface area (Å²) in [6.45, 7) is -0.309. The van der Waals surface area contributed by atoms with Crippen LogP contribution in [0.5, 0.6) is 5.75 Å². The third kappa shape index (κ3) is 7.33. The number of hydrogen-bond acceptors (Lipinski definition) is 4. The zero-order valence-corrected chi connectivity index (χ0v) is 21.6. The van der Waals surface area contributed by atoms with Gasteiger partial charge in [-0.25, -0.2) is 0 Å². The highest BCUT2D eigenvalue weighted by molar-refractivity contribution is 9.11. The van der Waals surface area contributed by atoms with Gasteiger partial charge < -0.3 is 10.1 Å².